The second kappa shape index (κ2) is 6.99. The normalized spacial score (nSPS) is 25.4. The Morgan fingerprint density at radius 1 is 1.21 bits per heavy atom. The van der Waals surface area contributed by atoms with E-state index >= 15 is 0 Å². The summed E-state index contributed by atoms with van der Waals surface area (Å²) in [6, 6.07) is 10.6. The molecule has 2 fully saturated rings. The molecule has 146 valence electrons. The largest absolute Gasteiger partial charge is 0.497 e. The molecule has 2 aliphatic rings. The number of hydrogen-bond acceptors (Lipinski definition) is 6. The standard InChI is InChI=1S/C21H24N4O2S/c1-23-10-15-11-24(12-16-9-19(26)25-7-8-28-21(25)22-16)13-18(15)20(23)14-3-5-17(27-2)6-4-14/h3-9,15,18,20H,10-13H2,1-2H3/t15-,18+,20-/m0/s1. The minimum absolute atomic E-state index is 0.0106. The summed E-state index contributed by atoms with van der Waals surface area (Å²) in [4.78, 5) is 22.7. The highest BCUT2D eigenvalue weighted by Gasteiger charge is 2.46. The van der Waals surface area contributed by atoms with Crippen LogP contribution in [0.4, 0.5) is 0 Å². The van der Waals surface area contributed by atoms with E-state index in [0.717, 1.165) is 42.6 Å². The van der Waals surface area contributed by atoms with Gasteiger partial charge in [0.25, 0.3) is 5.56 Å². The molecule has 3 aromatic rings. The van der Waals surface area contributed by atoms with E-state index in [4.69, 9.17) is 4.74 Å². The molecule has 3 atom stereocenters. The molecule has 0 radical (unpaired) electrons. The number of likely N-dealkylation sites (tertiary alicyclic amines) is 2. The molecule has 0 aliphatic carbocycles. The van der Waals surface area contributed by atoms with Gasteiger partial charge in [-0.05, 0) is 36.6 Å². The predicted octanol–water partition coefficient (Wildman–Crippen LogP) is 2.50. The summed E-state index contributed by atoms with van der Waals surface area (Å²) in [5, 5.41) is 1.91. The maximum absolute atomic E-state index is 12.3. The molecule has 1 aromatic carbocycles. The zero-order valence-corrected chi connectivity index (χ0v) is 16.9. The van der Waals surface area contributed by atoms with Crippen molar-refractivity contribution in [2.24, 2.45) is 11.8 Å². The van der Waals surface area contributed by atoms with Crippen LogP contribution in [0, 0.1) is 11.8 Å². The van der Waals surface area contributed by atoms with Gasteiger partial charge in [0.05, 0.1) is 12.8 Å². The van der Waals surface area contributed by atoms with Crippen molar-refractivity contribution in [1.82, 2.24) is 19.2 Å². The third-order valence-electron chi connectivity index (χ3n) is 6.17. The molecule has 2 saturated heterocycles. The number of methoxy groups -OCH3 is 1. The lowest BCUT2D eigenvalue weighted by Gasteiger charge is -2.27. The van der Waals surface area contributed by atoms with Gasteiger partial charge in [-0.3, -0.25) is 19.0 Å². The molecular weight excluding hydrogens is 372 g/mol. The summed E-state index contributed by atoms with van der Waals surface area (Å²) < 4.78 is 6.92. The zero-order valence-electron chi connectivity index (χ0n) is 16.1. The first-order valence-electron chi connectivity index (χ1n) is 9.64. The van der Waals surface area contributed by atoms with E-state index in [1.807, 2.05) is 5.38 Å². The smallest absolute Gasteiger partial charge is 0.258 e. The van der Waals surface area contributed by atoms with Crippen molar-refractivity contribution in [3.63, 3.8) is 0 Å². The molecule has 6 nitrogen and oxygen atoms in total. The van der Waals surface area contributed by atoms with E-state index in [2.05, 4.69) is 46.1 Å². The van der Waals surface area contributed by atoms with Crippen LogP contribution in [0.5, 0.6) is 5.75 Å². The van der Waals surface area contributed by atoms with E-state index in [1.165, 1.54) is 16.9 Å². The van der Waals surface area contributed by atoms with Gasteiger partial charge in [0.1, 0.15) is 5.75 Å². The third-order valence-corrected chi connectivity index (χ3v) is 6.93. The Hall–Kier alpha value is -2.22. The predicted molar refractivity (Wildman–Crippen MR) is 110 cm³/mol. The molecule has 0 bridgehead atoms. The van der Waals surface area contributed by atoms with Gasteiger partial charge >= 0.3 is 0 Å². The van der Waals surface area contributed by atoms with Crippen LogP contribution in [0.15, 0.2) is 46.7 Å². The maximum atomic E-state index is 12.3. The first-order chi connectivity index (χ1) is 13.6. The fraction of sp³-hybridized carbons (Fsp3) is 0.429. The lowest BCUT2D eigenvalue weighted by Crippen LogP contribution is -2.29. The highest BCUT2D eigenvalue weighted by molar-refractivity contribution is 7.15. The van der Waals surface area contributed by atoms with Crippen molar-refractivity contribution in [1.29, 1.82) is 0 Å². The number of hydrogen-bond donors (Lipinski definition) is 0. The molecule has 0 saturated carbocycles. The van der Waals surface area contributed by atoms with Gasteiger partial charge in [-0.15, -0.1) is 11.3 Å². The molecule has 0 unspecified atom stereocenters. The number of aromatic nitrogens is 2. The van der Waals surface area contributed by atoms with Crippen LogP contribution < -0.4 is 10.3 Å². The fourth-order valence-corrected chi connectivity index (χ4v) is 5.72. The van der Waals surface area contributed by atoms with Crippen LogP contribution in [0.25, 0.3) is 4.96 Å². The van der Waals surface area contributed by atoms with Crippen LogP contribution in [-0.2, 0) is 6.54 Å². The molecular formula is C21H24N4O2S. The topological polar surface area (TPSA) is 50.1 Å². The summed E-state index contributed by atoms with van der Waals surface area (Å²) in [5.41, 5.74) is 2.24. The number of benzene rings is 1. The van der Waals surface area contributed by atoms with Crippen molar-refractivity contribution in [3.05, 3.63) is 63.5 Å². The number of ether oxygens (including phenoxy) is 1. The summed E-state index contributed by atoms with van der Waals surface area (Å²) in [6.45, 7) is 3.96. The van der Waals surface area contributed by atoms with Gasteiger partial charge < -0.3 is 4.74 Å². The van der Waals surface area contributed by atoms with Crippen molar-refractivity contribution >= 4 is 16.3 Å². The first-order valence-corrected chi connectivity index (χ1v) is 10.5. The Labute approximate surface area is 168 Å². The van der Waals surface area contributed by atoms with Crippen molar-refractivity contribution in [3.8, 4) is 5.75 Å². The zero-order chi connectivity index (χ0) is 19.3. The highest BCUT2D eigenvalue weighted by Crippen LogP contribution is 2.44. The van der Waals surface area contributed by atoms with E-state index in [9.17, 15) is 4.79 Å². The van der Waals surface area contributed by atoms with Crippen molar-refractivity contribution in [2.75, 3.05) is 33.8 Å². The molecule has 0 N–H and O–H groups in total. The Balaban J connectivity index is 1.34. The van der Waals surface area contributed by atoms with Crippen LogP contribution >= 0.6 is 11.3 Å². The SMILES string of the molecule is COc1ccc([C@H]2[C@@H]3CN(Cc4cc(=O)n5ccsc5n4)C[C@@H]3CN2C)cc1. The van der Waals surface area contributed by atoms with E-state index in [0.29, 0.717) is 17.9 Å². The third kappa shape index (κ3) is 3.03. The van der Waals surface area contributed by atoms with Crippen molar-refractivity contribution in [2.45, 2.75) is 12.6 Å². The lowest BCUT2D eigenvalue weighted by molar-refractivity contribution is 0.223. The van der Waals surface area contributed by atoms with Crippen molar-refractivity contribution < 1.29 is 4.74 Å². The number of rotatable bonds is 4. The molecule has 0 spiro atoms. The average Bonchev–Trinajstić information content (AvgIpc) is 3.36. The molecule has 7 heteroatoms. The fourth-order valence-electron chi connectivity index (χ4n) is 4.98. The molecule has 2 aromatic heterocycles. The number of thiazole rings is 1. The van der Waals surface area contributed by atoms with Crippen LogP contribution in [0.1, 0.15) is 17.3 Å². The van der Waals surface area contributed by atoms with Gasteiger partial charge in [-0.2, -0.15) is 0 Å². The van der Waals surface area contributed by atoms with Crippen LogP contribution in [-0.4, -0.2) is 53.0 Å². The summed E-state index contributed by atoms with van der Waals surface area (Å²) in [5.74, 6) is 2.16. The van der Waals surface area contributed by atoms with Crippen LogP contribution in [0.2, 0.25) is 0 Å². The van der Waals surface area contributed by atoms with E-state index in [1.54, 1.807) is 23.8 Å². The summed E-state index contributed by atoms with van der Waals surface area (Å²) >= 11 is 1.51. The summed E-state index contributed by atoms with van der Waals surface area (Å²) in [7, 11) is 3.93. The number of nitrogens with zero attached hydrogens (tertiary/aromatic N) is 4. The first kappa shape index (κ1) is 17.8. The van der Waals surface area contributed by atoms with Gasteiger partial charge in [-0.25, -0.2) is 4.98 Å². The monoisotopic (exact) mass is 396 g/mol. The molecule has 2 aliphatic heterocycles. The molecule has 4 heterocycles. The van der Waals surface area contributed by atoms with Gasteiger partial charge in [0.2, 0.25) is 0 Å². The maximum Gasteiger partial charge on any atom is 0.258 e. The Morgan fingerprint density at radius 3 is 2.82 bits per heavy atom. The second-order valence-electron chi connectivity index (χ2n) is 7.92. The van der Waals surface area contributed by atoms with Crippen LogP contribution in [0.3, 0.4) is 0 Å². The molecule has 0 amide bonds. The lowest BCUT2D eigenvalue weighted by atomic mass is 9.89. The Bertz CT molecular complexity index is 1040. The average molecular weight is 397 g/mol. The minimum Gasteiger partial charge on any atom is -0.497 e. The Kier molecular flexibility index (Phi) is 4.45. The van der Waals surface area contributed by atoms with Gasteiger partial charge in [0.15, 0.2) is 4.96 Å². The second-order valence-corrected chi connectivity index (χ2v) is 8.79. The van der Waals surface area contributed by atoms with Gasteiger partial charge in [0, 0.05) is 49.9 Å². The molecule has 5 rings (SSSR count). The minimum atomic E-state index is 0.0106. The quantitative estimate of drug-likeness (QED) is 0.678. The van der Waals surface area contributed by atoms with E-state index < -0.39 is 0 Å². The highest BCUT2D eigenvalue weighted by atomic mass is 32.1. The molecule has 28 heavy (non-hydrogen) atoms. The Morgan fingerprint density at radius 2 is 2.04 bits per heavy atom. The van der Waals surface area contributed by atoms with E-state index in [-0.39, 0.29) is 5.56 Å². The van der Waals surface area contributed by atoms with Gasteiger partial charge in [-0.1, -0.05) is 12.1 Å². The summed E-state index contributed by atoms with van der Waals surface area (Å²) in [6.07, 6.45) is 1.79. The number of fused-ring (bicyclic) bond motifs is 2.